The molecule has 68 valence electrons. The lowest BCUT2D eigenvalue weighted by Crippen LogP contribution is -2.01. The van der Waals surface area contributed by atoms with Crippen LogP contribution in [0.15, 0.2) is 24.3 Å². The Morgan fingerprint density at radius 3 is 2.31 bits per heavy atom. The fraction of sp³-hybridized carbons (Fsp3) is 0.400. The summed E-state index contributed by atoms with van der Waals surface area (Å²) in [6.07, 6.45) is 2.32. The highest BCUT2D eigenvalue weighted by molar-refractivity contribution is 5.72. The van der Waals surface area contributed by atoms with Crippen LogP contribution in [0.25, 0.3) is 11.0 Å². The van der Waals surface area contributed by atoms with Crippen molar-refractivity contribution in [3.63, 3.8) is 0 Å². The van der Waals surface area contributed by atoms with Crippen molar-refractivity contribution in [1.82, 2.24) is 15.0 Å². The first-order valence-corrected chi connectivity index (χ1v) is 4.70. The summed E-state index contributed by atoms with van der Waals surface area (Å²) < 4.78 is 0. The van der Waals surface area contributed by atoms with Gasteiger partial charge in [-0.1, -0.05) is 25.5 Å². The summed E-state index contributed by atoms with van der Waals surface area (Å²) >= 11 is 0. The molecule has 1 heterocycles. The van der Waals surface area contributed by atoms with Gasteiger partial charge in [-0.05, 0) is 18.6 Å². The highest BCUT2D eigenvalue weighted by Crippen LogP contribution is 2.07. The molecule has 0 bridgehead atoms. The summed E-state index contributed by atoms with van der Waals surface area (Å²) in [5.74, 6) is 0. The van der Waals surface area contributed by atoms with Gasteiger partial charge in [-0.3, -0.25) is 0 Å². The Labute approximate surface area is 77.4 Å². The highest BCUT2D eigenvalue weighted by Gasteiger charge is 1.99. The second kappa shape index (κ2) is 3.56. The van der Waals surface area contributed by atoms with Crippen LogP contribution in [0.3, 0.4) is 0 Å². The van der Waals surface area contributed by atoms with Gasteiger partial charge in [0.25, 0.3) is 0 Å². The molecular weight excluding hydrogens is 162 g/mol. The second-order valence-electron chi connectivity index (χ2n) is 3.14. The van der Waals surface area contributed by atoms with Crippen LogP contribution in [0, 0.1) is 0 Å². The van der Waals surface area contributed by atoms with E-state index in [1.807, 2.05) is 24.3 Å². The predicted octanol–water partition coefficient (Wildman–Crippen LogP) is 2.23. The van der Waals surface area contributed by atoms with Crippen molar-refractivity contribution >= 4 is 11.0 Å². The molecule has 0 aliphatic heterocycles. The fourth-order valence-corrected chi connectivity index (χ4v) is 1.30. The van der Waals surface area contributed by atoms with E-state index in [1.165, 1.54) is 6.42 Å². The van der Waals surface area contributed by atoms with Gasteiger partial charge in [0.05, 0.1) is 6.54 Å². The number of nitrogens with zero attached hydrogens (tertiary/aromatic N) is 3. The van der Waals surface area contributed by atoms with Gasteiger partial charge in [0.1, 0.15) is 11.0 Å². The zero-order valence-electron chi connectivity index (χ0n) is 7.77. The number of hydrogen-bond donors (Lipinski definition) is 0. The first-order valence-electron chi connectivity index (χ1n) is 4.70. The molecule has 0 saturated carbocycles. The molecule has 3 nitrogen and oxygen atoms in total. The third-order valence-electron chi connectivity index (χ3n) is 2.04. The van der Waals surface area contributed by atoms with E-state index in [1.54, 1.807) is 4.80 Å². The molecule has 2 rings (SSSR count). The number of unbranched alkanes of at least 4 members (excludes halogenated alkanes) is 1. The molecule has 0 unspecified atom stereocenters. The molecule has 0 amide bonds. The van der Waals surface area contributed by atoms with Crippen molar-refractivity contribution in [2.24, 2.45) is 0 Å². The second-order valence-corrected chi connectivity index (χ2v) is 3.14. The molecule has 0 fully saturated rings. The molecule has 1 aromatic heterocycles. The average Bonchev–Trinajstić information content (AvgIpc) is 2.57. The lowest BCUT2D eigenvalue weighted by molar-refractivity contribution is 0.514. The first-order chi connectivity index (χ1) is 6.40. The predicted molar refractivity (Wildman–Crippen MR) is 52.4 cm³/mol. The highest BCUT2D eigenvalue weighted by atomic mass is 15.5. The molecule has 0 spiro atoms. The Bertz CT molecular complexity index is 359. The van der Waals surface area contributed by atoms with Crippen LogP contribution < -0.4 is 0 Å². The Morgan fingerprint density at radius 2 is 1.77 bits per heavy atom. The summed E-state index contributed by atoms with van der Waals surface area (Å²) in [6.45, 7) is 3.09. The van der Waals surface area contributed by atoms with Crippen LogP contribution >= 0.6 is 0 Å². The van der Waals surface area contributed by atoms with Crippen molar-refractivity contribution in [1.29, 1.82) is 0 Å². The molecular formula is C10H13N3. The van der Waals surface area contributed by atoms with E-state index in [2.05, 4.69) is 17.1 Å². The van der Waals surface area contributed by atoms with Crippen LogP contribution in [0.5, 0.6) is 0 Å². The maximum Gasteiger partial charge on any atom is 0.113 e. The van der Waals surface area contributed by atoms with E-state index < -0.39 is 0 Å². The summed E-state index contributed by atoms with van der Waals surface area (Å²) in [7, 11) is 0. The van der Waals surface area contributed by atoms with E-state index in [4.69, 9.17) is 0 Å². The van der Waals surface area contributed by atoms with Gasteiger partial charge in [-0.15, -0.1) is 0 Å². The van der Waals surface area contributed by atoms with Gasteiger partial charge in [-0.25, -0.2) is 0 Å². The van der Waals surface area contributed by atoms with Crippen LogP contribution in [-0.4, -0.2) is 15.0 Å². The number of benzene rings is 1. The van der Waals surface area contributed by atoms with Crippen molar-refractivity contribution < 1.29 is 0 Å². The van der Waals surface area contributed by atoms with Gasteiger partial charge >= 0.3 is 0 Å². The summed E-state index contributed by atoms with van der Waals surface area (Å²) in [5.41, 5.74) is 1.97. The van der Waals surface area contributed by atoms with E-state index >= 15 is 0 Å². The monoisotopic (exact) mass is 175 g/mol. The Kier molecular flexibility index (Phi) is 2.25. The molecule has 0 radical (unpaired) electrons. The van der Waals surface area contributed by atoms with Crippen LogP contribution in [0.1, 0.15) is 19.8 Å². The number of fused-ring (bicyclic) bond motifs is 1. The zero-order chi connectivity index (χ0) is 9.10. The van der Waals surface area contributed by atoms with E-state index in [0.717, 1.165) is 24.0 Å². The largest absolute Gasteiger partial charge is 0.184 e. The molecule has 0 N–H and O–H groups in total. The fourth-order valence-electron chi connectivity index (χ4n) is 1.30. The smallest absolute Gasteiger partial charge is 0.113 e. The Hall–Kier alpha value is -1.38. The number of aryl methyl sites for hydroxylation is 1. The molecule has 3 heteroatoms. The molecule has 0 aliphatic rings. The van der Waals surface area contributed by atoms with Gasteiger partial charge in [-0.2, -0.15) is 15.0 Å². The number of aromatic nitrogens is 3. The third-order valence-corrected chi connectivity index (χ3v) is 2.04. The minimum absolute atomic E-state index is 0.922. The first kappa shape index (κ1) is 8.23. The minimum Gasteiger partial charge on any atom is -0.184 e. The molecule has 13 heavy (non-hydrogen) atoms. The molecule has 0 aliphatic carbocycles. The van der Waals surface area contributed by atoms with Gasteiger partial charge < -0.3 is 0 Å². The topological polar surface area (TPSA) is 30.7 Å². The molecule has 1 aromatic carbocycles. The van der Waals surface area contributed by atoms with Crippen molar-refractivity contribution in [3.05, 3.63) is 24.3 Å². The van der Waals surface area contributed by atoms with Crippen LogP contribution in [0.4, 0.5) is 0 Å². The van der Waals surface area contributed by atoms with Gasteiger partial charge in [0.15, 0.2) is 0 Å². The maximum atomic E-state index is 4.36. The van der Waals surface area contributed by atoms with Crippen LogP contribution in [-0.2, 0) is 6.54 Å². The molecule has 2 aromatic rings. The van der Waals surface area contributed by atoms with Crippen LogP contribution in [0.2, 0.25) is 0 Å². The van der Waals surface area contributed by atoms with Gasteiger partial charge in [0, 0.05) is 0 Å². The number of hydrogen-bond acceptors (Lipinski definition) is 2. The van der Waals surface area contributed by atoms with E-state index in [-0.39, 0.29) is 0 Å². The lowest BCUT2D eigenvalue weighted by atomic mass is 10.3. The lowest BCUT2D eigenvalue weighted by Gasteiger charge is -1.94. The van der Waals surface area contributed by atoms with E-state index in [0.29, 0.717) is 0 Å². The van der Waals surface area contributed by atoms with Gasteiger partial charge in [0.2, 0.25) is 0 Å². The van der Waals surface area contributed by atoms with Crippen molar-refractivity contribution in [2.75, 3.05) is 0 Å². The minimum atomic E-state index is 0.922. The summed E-state index contributed by atoms with van der Waals surface area (Å²) in [4.78, 5) is 1.79. The SMILES string of the molecule is CCCCn1nc2ccccc2n1. The van der Waals surface area contributed by atoms with Crippen molar-refractivity contribution in [2.45, 2.75) is 26.3 Å². The zero-order valence-corrected chi connectivity index (χ0v) is 7.77. The van der Waals surface area contributed by atoms with Crippen molar-refractivity contribution in [3.8, 4) is 0 Å². The average molecular weight is 175 g/mol. The number of rotatable bonds is 3. The Balaban J connectivity index is 2.28. The quantitative estimate of drug-likeness (QED) is 0.716. The standard InChI is InChI=1S/C10H13N3/c1-2-3-8-13-11-9-6-4-5-7-10(9)12-13/h4-7H,2-3,8H2,1H3. The summed E-state index contributed by atoms with van der Waals surface area (Å²) in [6, 6.07) is 7.96. The normalized spacial score (nSPS) is 10.8. The third kappa shape index (κ3) is 1.69. The van der Waals surface area contributed by atoms with E-state index in [9.17, 15) is 0 Å². The molecule has 0 saturated heterocycles. The molecule has 0 atom stereocenters. The Morgan fingerprint density at radius 1 is 1.15 bits per heavy atom. The summed E-state index contributed by atoms with van der Waals surface area (Å²) in [5, 5.41) is 8.71. The maximum absolute atomic E-state index is 4.36.